The highest BCUT2D eigenvalue weighted by molar-refractivity contribution is 5.28. The third-order valence-corrected chi connectivity index (χ3v) is 3.18. The van der Waals surface area contributed by atoms with Gasteiger partial charge in [-0.05, 0) is 35.7 Å². The van der Waals surface area contributed by atoms with E-state index in [9.17, 15) is 5.11 Å². The van der Waals surface area contributed by atoms with E-state index in [1.165, 1.54) is 5.56 Å². The van der Waals surface area contributed by atoms with Crippen molar-refractivity contribution in [3.05, 3.63) is 59.9 Å². The van der Waals surface area contributed by atoms with Gasteiger partial charge in [-0.2, -0.15) is 0 Å². The highest BCUT2D eigenvalue weighted by atomic mass is 16.5. The maximum Gasteiger partial charge on any atom is 0.119 e. The van der Waals surface area contributed by atoms with Crippen LogP contribution in [0.5, 0.6) is 5.75 Å². The number of benzene rings is 1. The van der Waals surface area contributed by atoms with Crippen LogP contribution in [0.15, 0.2) is 48.8 Å². The number of aryl methyl sites for hydroxylation is 1. The van der Waals surface area contributed by atoms with E-state index in [1.807, 2.05) is 36.5 Å². The number of nitrogens with one attached hydrogen (secondary N) is 1. The molecule has 1 atom stereocenters. The number of pyridine rings is 1. The first-order valence-corrected chi connectivity index (χ1v) is 7.27. The molecule has 4 heteroatoms. The minimum atomic E-state index is -0.535. The minimum absolute atomic E-state index is 0.285. The van der Waals surface area contributed by atoms with Crippen molar-refractivity contribution < 1.29 is 9.84 Å². The van der Waals surface area contributed by atoms with Crippen LogP contribution in [-0.2, 0) is 13.0 Å². The summed E-state index contributed by atoms with van der Waals surface area (Å²) in [6.07, 6.45) is 4.00. The van der Waals surface area contributed by atoms with Gasteiger partial charge in [-0.15, -0.1) is 0 Å². The van der Waals surface area contributed by atoms with Crippen LogP contribution in [0.4, 0.5) is 0 Å². The van der Waals surface area contributed by atoms with Crippen LogP contribution in [0, 0.1) is 0 Å². The molecule has 112 valence electrons. The summed E-state index contributed by atoms with van der Waals surface area (Å²) >= 11 is 0. The van der Waals surface area contributed by atoms with Crippen molar-refractivity contribution in [2.45, 2.75) is 26.0 Å². The molecule has 1 aromatic carbocycles. The summed E-state index contributed by atoms with van der Waals surface area (Å²) in [5.41, 5.74) is 2.33. The van der Waals surface area contributed by atoms with Gasteiger partial charge in [0, 0.05) is 25.5 Å². The van der Waals surface area contributed by atoms with Crippen molar-refractivity contribution in [1.82, 2.24) is 10.3 Å². The maximum atomic E-state index is 9.91. The zero-order valence-electron chi connectivity index (χ0n) is 12.3. The molecule has 0 saturated carbocycles. The summed E-state index contributed by atoms with van der Waals surface area (Å²) in [5.74, 6) is 0.806. The predicted octanol–water partition coefficient (Wildman–Crippen LogP) is 2.17. The quantitative estimate of drug-likeness (QED) is 0.781. The number of aliphatic hydroxyl groups excluding tert-OH is 1. The second-order valence-electron chi connectivity index (χ2n) is 4.96. The Morgan fingerprint density at radius 2 is 2.10 bits per heavy atom. The summed E-state index contributed by atoms with van der Waals surface area (Å²) in [6.45, 7) is 3.57. The Balaban J connectivity index is 1.68. The third-order valence-electron chi connectivity index (χ3n) is 3.18. The Morgan fingerprint density at radius 1 is 1.24 bits per heavy atom. The molecule has 21 heavy (non-hydrogen) atoms. The molecule has 0 amide bonds. The highest BCUT2D eigenvalue weighted by Crippen LogP contribution is 2.13. The zero-order valence-corrected chi connectivity index (χ0v) is 12.3. The van der Waals surface area contributed by atoms with Gasteiger partial charge in [0.2, 0.25) is 0 Å². The number of aromatic nitrogens is 1. The third kappa shape index (κ3) is 5.53. The molecule has 2 aromatic rings. The monoisotopic (exact) mass is 286 g/mol. The molecule has 0 bridgehead atoms. The molecular weight excluding hydrogens is 264 g/mol. The number of rotatable bonds is 8. The Labute approximate surface area is 125 Å². The summed E-state index contributed by atoms with van der Waals surface area (Å²) in [6, 6.07) is 11.9. The first-order chi connectivity index (χ1) is 10.3. The van der Waals surface area contributed by atoms with Gasteiger partial charge >= 0.3 is 0 Å². The van der Waals surface area contributed by atoms with Gasteiger partial charge in [-0.3, -0.25) is 4.98 Å². The van der Waals surface area contributed by atoms with Crippen molar-refractivity contribution in [3.63, 3.8) is 0 Å². The number of hydrogen-bond acceptors (Lipinski definition) is 4. The molecular formula is C17H22N2O2. The van der Waals surface area contributed by atoms with Crippen molar-refractivity contribution in [2.24, 2.45) is 0 Å². The van der Waals surface area contributed by atoms with E-state index in [4.69, 9.17) is 4.74 Å². The Hall–Kier alpha value is -1.91. The Morgan fingerprint density at radius 3 is 2.86 bits per heavy atom. The summed E-state index contributed by atoms with van der Waals surface area (Å²) < 4.78 is 5.61. The molecule has 0 aliphatic carbocycles. The van der Waals surface area contributed by atoms with Crippen molar-refractivity contribution in [3.8, 4) is 5.75 Å². The Kier molecular flexibility index (Phi) is 6.19. The van der Waals surface area contributed by atoms with Crippen LogP contribution in [0.25, 0.3) is 0 Å². The van der Waals surface area contributed by atoms with E-state index < -0.39 is 6.10 Å². The predicted molar refractivity (Wildman–Crippen MR) is 83.3 cm³/mol. The van der Waals surface area contributed by atoms with Gasteiger partial charge in [-0.1, -0.05) is 25.1 Å². The fraction of sp³-hybridized carbons (Fsp3) is 0.353. The average Bonchev–Trinajstić information content (AvgIpc) is 2.54. The van der Waals surface area contributed by atoms with Crippen LogP contribution in [-0.4, -0.2) is 29.3 Å². The second kappa shape index (κ2) is 8.39. The maximum absolute atomic E-state index is 9.91. The summed E-state index contributed by atoms with van der Waals surface area (Å²) in [7, 11) is 0. The normalized spacial score (nSPS) is 12.1. The van der Waals surface area contributed by atoms with Crippen LogP contribution >= 0.6 is 0 Å². The summed E-state index contributed by atoms with van der Waals surface area (Å²) in [5, 5.41) is 13.1. The number of hydrogen-bond donors (Lipinski definition) is 2. The van der Waals surface area contributed by atoms with Crippen molar-refractivity contribution >= 4 is 0 Å². The highest BCUT2D eigenvalue weighted by Gasteiger charge is 2.05. The fourth-order valence-corrected chi connectivity index (χ4v) is 1.99. The van der Waals surface area contributed by atoms with Gasteiger partial charge < -0.3 is 15.2 Å². The van der Waals surface area contributed by atoms with E-state index in [-0.39, 0.29) is 6.61 Å². The van der Waals surface area contributed by atoms with E-state index in [2.05, 4.69) is 23.3 Å². The topological polar surface area (TPSA) is 54.4 Å². The van der Waals surface area contributed by atoms with E-state index >= 15 is 0 Å². The molecule has 2 N–H and O–H groups in total. The average molecular weight is 286 g/mol. The SMILES string of the molecule is CCc1cccc(OCC(O)CNCc2cccnc2)c1. The molecule has 2 rings (SSSR count). The van der Waals surface area contributed by atoms with Crippen LogP contribution < -0.4 is 10.1 Å². The molecule has 0 fully saturated rings. The lowest BCUT2D eigenvalue weighted by molar-refractivity contribution is 0.106. The van der Waals surface area contributed by atoms with Gasteiger partial charge in [-0.25, -0.2) is 0 Å². The van der Waals surface area contributed by atoms with Gasteiger partial charge in [0.25, 0.3) is 0 Å². The van der Waals surface area contributed by atoms with Crippen molar-refractivity contribution in [1.29, 1.82) is 0 Å². The van der Waals surface area contributed by atoms with Crippen LogP contribution in [0.3, 0.4) is 0 Å². The molecule has 1 heterocycles. The number of nitrogens with zero attached hydrogens (tertiary/aromatic N) is 1. The molecule has 4 nitrogen and oxygen atoms in total. The van der Waals surface area contributed by atoms with Crippen molar-refractivity contribution in [2.75, 3.05) is 13.2 Å². The first-order valence-electron chi connectivity index (χ1n) is 7.27. The fourth-order valence-electron chi connectivity index (χ4n) is 1.99. The lowest BCUT2D eigenvalue weighted by Crippen LogP contribution is -2.31. The second-order valence-corrected chi connectivity index (χ2v) is 4.96. The lowest BCUT2D eigenvalue weighted by atomic mass is 10.2. The molecule has 0 aliphatic heterocycles. The van der Waals surface area contributed by atoms with Crippen LogP contribution in [0.2, 0.25) is 0 Å². The smallest absolute Gasteiger partial charge is 0.119 e. The number of ether oxygens (including phenoxy) is 1. The number of aliphatic hydroxyl groups is 1. The largest absolute Gasteiger partial charge is 0.491 e. The van der Waals surface area contributed by atoms with Gasteiger partial charge in [0.05, 0.1) is 0 Å². The zero-order chi connectivity index (χ0) is 14.9. The molecule has 1 aromatic heterocycles. The molecule has 1 unspecified atom stereocenters. The Bertz CT molecular complexity index is 531. The molecule has 0 saturated heterocycles. The molecule has 0 spiro atoms. The lowest BCUT2D eigenvalue weighted by Gasteiger charge is -2.13. The van der Waals surface area contributed by atoms with Crippen LogP contribution in [0.1, 0.15) is 18.1 Å². The standard InChI is InChI=1S/C17H22N2O2/c1-2-14-5-3-7-17(9-14)21-13-16(20)12-19-11-15-6-4-8-18-10-15/h3-10,16,19-20H,2,11-13H2,1H3. The van der Waals surface area contributed by atoms with Gasteiger partial charge in [0.1, 0.15) is 18.5 Å². The van der Waals surface area contributed by atoms with Gasteiger partial charge in [0.15, 0.2) is 0 Å². The van der Waals surface area contributed by atoms with E-state index in [1.54, 1.807) is 6.20 Å². The molecule has 0 radical (unpaired) electrons. The first kappa shape index (κ1) is 15.5. The molecule has 0 aliphatic rings. The van der Waals surface area contributed by atoms with E-state index in [0.29, 0.717) is 13.1 Å². The summed E-state index contributed by atoms with van der Waals surface area (Å²) in [4.78, 5) is 4.05. The van der Waals surface area contributed by atoms with E-state index in [0.717, 1.165) is 17.7 Å². The minimum Gasteiger partial charge on any atom is -0.491 e.